The average Bonchev–Trinajstić information content (AvgIpc) is 2.52. The van der Waals surface area contributed by atoms with Gasteiger partial charge >= 0.3 is 5.97 Å². The first-order chi connectivity index (χ1) is 6.63. The van der Waals surface area contributed by atoms with Crippen molar-refractivity contribution in [1.29, 1.82) is 0 Å². The molecule has 0 radical (unpaired) electrons. The standard InChI is InChI=1S/C8H12N2O2S2/c1-5-3-13-8(10-5)14-4-6(9-2)7(11)12/h3,6,9H,4H2,1-2H3,(H,11,12). The molecule has 1 aromatic rings. The molecule has 0 bridgehead atoms. The van der Waals surface area contributed by atoms with Gasteiger partial charge in [-0.3, -0.25) is 4.79 Å². The van der Waals surface area contributed by atoms with Crippen LogP contribution in [0, 0.1) is 6.92 Å². The lowest BCUT2D eigenvalue weighted by molar-refractivity contribution is -0.138. The molecule has 1 rings (SSSR count). The van der Waals surface area contributed by atoms with Gasteiger partial charge in [0.05, 0.1) is 0 Å². The van der Waals surface area contributed by atoms with E-state index in [1.165, 1.54) is 11.8 Å². The second-order valence-corrected chi connectivity index (χ2v) is 4.87. The topological polar surface area (TPSA) is 62.2 Å². The highest BCUT2D eigenvalue weighted by atomic mass is 32.2. The van der Waals surface area contributed by atoms with Crippen molar-refractivity contribution < 1.29 is 9.90 Å². The van der Waals surface area contributed by atoms with Crippen LogP contribution in [0.15, 0.2) is 9.72 Å². The second kappa shape index (κ2) is 5.33. The third-order valence-electron chi connectivity index (χ3n) is 1.62. The fourth-order valence-corrected chi connectivity index (χ4v) is 2.80. The van der Waals surface area contributed by atoms with Gasteiger partial charge < -0.3 is 10.4 Å². The van der Waals surface area contributed by atoms with Crippen molar-refractivity contribution in [3.8, 4) is 0 Å². The third kappa shape index (κ3) is 3.28. The summed E-state index contributed by atoms with van der Waals surface area (Å²) in [6.45, 7) is 1.92. The summed E-state index contributed by atoms with van der Waals surface area (Å²) in [5.74, 6) is -0.327. The zero-order chi connectivity index (χ0) is 10.6. The molecule has 1 aromatic heterocycles. The lowest BCUT2D eigenvalue weighted by atomic mass is 10.3. The van der Waals surface area contributed by atoms with E-state index in [0.717, 1.165) is 10.0 Å². The molecule has 4 nitrogen and oxygen atoms in total. The number of nitrogens with zero attached hydrogens (tertiary/aromatic N) is 1. The van der Waals surface area contributed by atoms with E-state index in [2.05, 4.69) is 10.3 Å². The summed E-state index contributed by atoms with van der Waals surface area (Å²) >= 11 is 3.01. The minimum Gasteiger partial charge on any atom is -0.480 e. The van der Waals surface area contributed by atoms with E-state index < -0.39 is 12.0 Å². The first-order valence-corrected chi connectivity index (χ1v) is 5.95. The van der Waals surface area contributed by atoms with Crippen molar-refractivity contribution in [2.75, 3.05) is 12.8 Å². The molecule has 1 atom stereocenters. The first-order valence-electron chi connectivity index (χ1n) is 4.08. The maximum absolute atomic E-state index is 10.7. The molecular weight excluding hydrogens is 220 g/mol. The van der Waals surface area contributed by atoms with Crippen molar-refractivity contribution in [3.05, 3.63) is 11.1 Å². The highest BCUT2D eigenvalue weighted by Gasteiger charge is 2.15. The monoisotopic (exact) mass is 232 g/mol. The van der Waals surface area contributed by atoms with Gasteiger partial charge in [-0.1, -0.05) is 11.8 Å². The van der Waals surface area contributed by atoms with Crippen molar-refractivity contribution in [3.63, 3.8) is 0 Å². The Morgan fingerprint density at radius 1 is 1.86 bits per heavy atom. The summed E-state index contributed by atoms with van der Waals surface area (Å²) in [5, 5.41) is 13.5. The number of likely N-dealkylation sites (N-methyl/N-ethyl adjacent to an activating group) is 1. The zero-order valence-electron chi connectivity index (χ0n) is 7.98. The van der Waals surface area contributed by atoms with E-state index in [-0.39, 0.29) is 0 Å². The highest BCUT2D eigenvalue weighted by molar-refractivity contribution is 8.01. The van der Waals surface area contributed by atoms with Crippen molar-refractivity contribution in [1.82, 2.24) is 10.3 Å². The van der Waals surface area contributed by atoms with Gasteiger partial charge in [0.15, 0.2) is 0 Å². The van der Waals surface area contributed by atoms with Gasteiger partial charge in [-0.05, 0) is 14.0 Å². The van der Waals surface area contributed by atoms with Gasteiger partial charge in [-0.25, -0.2) is 4.98 Å². The molecule has 6 heteroatoms. The van der Waals surface area contributed by atoms with Crippen molar-refractivity contribution >= 4 is 29.1 Å². The average molecular weight is 232 g/mol. The number of nitrogens with one attached hydrogen (secondary N) is 1. The Labute approximate surface area is 90.7 Å². The Morgan fingerprint density at radius 3 is 3.00 bits per heavy atom. The van der Waals surface area contributed by atoms with Crippen molar-refractivity contribution in [2.24, 2.45) is 0 Å². The van der Waals surface area contributed by atoms with E-state index in [1.807, 2.05) is 12.3 Å². The minimum absolute atomic E-state index is 0.499. The zero-order valence-corrected chi connectivity index (χ0v) is 9.61. The lowest BCUT2D eigenvalue weighted by Gasteiger charge is -2.08. The highest BCUT2D eigenvalue weighted by Crippen LogP contribution is 2.22. The number of hydrogen-bond acceptors (Lipinski definition) is 5. The smallest absolute Gasteiger partial charge is 0.321 e. The van der Waals surface area contributed by atoms with Crippen LogP contribution in [-0.4, -0.2) is 34.9 Å². The molecular formula is C8H12N2O2S2. The fraction of sp³-hybridized carbons (Fsp3) is 0.500. The van der Waals surface area contributed by atoms with Gasteiger partial charge in [0.1, 0.15) is 10.4 Å². The molecule has 0 amide bonds. The largest absolute Gasteiger partial charge is 0.480 e. The number of carboxylic acid groups (broad SMARTS) is 1. The number of aliphatic carboxylic acids is 1. The molecule has 0 saturated carbocycles. The van der Waals surface area contributed by atoms with Gasteiger partial charge in [0.2, 0.25) is 0 Å². The van der Waals surface area contributed by atoms with Crippen LogP contribution in [0.3, 0.4) is 0 Å². The van der Waals surface area contributed by atoms with Crippen molar-refractivity contribution in [2.45, 2.75) is 17.3 Å². The molecule has 0 aliphatic carbocycles. The molecule has 2 N–H and O–H groups in total. The molecule has 0 fully saturated rings. The Morgan fingerprint density at radius 2 is 2.57 bits per heavy atom. The molecule has 0 saturated heterocycles. The lowest BCUT2D eigenvalue weighted by Crippen LogP contribution is -2.35. The predicted octanol–water partition coefficient (Wildman–Crippen LogP) is 1.22. The summed E-state index contributed by atoms with van der Waals surface area (Å²) in [6.07, 6.45) is 0. The molecule has 1 heterocycles. The summed E-state index contributed by atoms with van der Waals surface area (Å²) in [4.78, 5) is 14.9. The van der Waals surface area contributed by atoms with Crippen LogP contribution in [0.25, 0.3) is 0 Å². The summed E-state index contributed by atoms with van der Waals surface area (Å²) in [6, 6.07) is -0.510. The summed E-state index contributed by atoms with van der Waals surface area (Å²) < 4.78 is 0.920. The Hall–Kier alpha value is -0.590. The SMILES string of the molecule is CNC(CSc1nc(C)cs1)C(=O)O. The maximum Gasteiger partial charge on any atom is 0.321 e. The Bertz CT molecular complexity index is 314. The third-order valence-corrected chi connectivity index (χ3v) is 3.85. The number of thiazole rings is 1. The van der Waals surface area contributed by atoms with Gasteiger partial charge in [0, 0.05) is 16.8 Å². The molecule has 0 spiro atoms. The van der Waals surface area contributed by atoms with Gasteiger partial charge in [0.25, 0.3) is 0 Å². The minimum atomic E-state index is -0.826. The van der Waals surface area contributed by atoms with Crippen LogP contribution >= 0.6 is 23.1 Å². The number of aromatic nitrogens is 1. The van der Waals surface area contributed by atoms with E-state index in [0.29, 0.717) is 5.75 Å². The number of carboxylic acids is 1. The molecule has 0 aromatic carbocycles. The summed E-state index contributed by atoms with van der Waals surface area (Å²) in [5.41, 5.74) is 0.980. The molecule has 78 valence electrons. The molecule has 14 heavy (non-hydrogen) atoms. The van der Waals surface area contributed by atoms with Gasteiger partial charge in [-0.2, -0.15) is 0 Å². The number of thioether (sulfide) groups is 1. The first kappa shape index (κ1) is 11.5. The van der Waals surface area contributed by atoms with E-state index >= 15 is 0 Å². The van der Waals surface area contributed by atoms with E-state index in [9.17, 15) is 4.79 Å². The van der Waals surface area contributed by atoms with Crippen LogP contribution in [0.5, 0.6) is 0 Å². The molecule has 1 unspecified atom stereocenters. The number of rotatable bonds is 5. The van der Waals surface area contributed by atoms with Crippen LogP contribution in [0.1, 0.15) is 5.69 Å². The molecule has 0 aliphatic rings. The van der Waals surface area contributed by atoms with E-state index in [1.54, 1.807) is 18.4 Å². The second-order valence-electron chi connectivity index (χ2n) is 2.75. The van der Waals surface area contributed by atoms with E-state index in [4.69, 9.17) is 5.11 Å². The quantitative estimate of drug-likeness (QED) is 0.747. The number of aryl methyl sites for hydroxylation is 1. The van der Waals surface area contributed by atoms with Crippen LogP contribution in [0.4, 0.5) is 0 Å². The number of hydrogen-bond donors (Lipinski definition) is 2. The van der Waals surface area contributed by atoms with Crippen LogP contribution in [-0.2, 0) is 4.79 Å². The maximum atomic E-state index is 10.7. The fourth-order valence-electron chi connectivity index (χ4n) is 0.831. The molecule has 0 aliphatic heterocycles. The van der Waals surface area contributed by atoms with Gasteiger partial charge in [-0.15, -0.1) is 11.3 Å². The van der Waals surface area contributed by atoms with Crippen LogP contribution in [0.2, 0.25) is 0 Å². The normalized spacial score (nSPS) is 12.7. The summed E-state index contributed by atoms with van der Waals surface area (Å²) in [7, 11) is 1.65. The number of carbonyl (C=O) groups is 1. The predicted molar refractivity (Wildman–Crippen MR) is 58.1 cm³/mol. The Kier molecular flexibility index (Phi) is 4.37. The van der Waals surface area contributed by atoms with Crippen LogP contribution < -0.4 is 5.32 Å². The Balaban J connectivity index is 2.43.